The maximum atomic E-state index is 13.4. The van der Waals surface area contributed by atoms with Gasteiger partial charge in [0.05, 0.1) is 29.4 Å². The molecule has 4 aromatic carbocycles. The minimum Gasteiger partial charge on any atom is -0.506 e. The standard InChI is InChI=1S/C51H64ClN5O8Si/c1-50(2,3)66(6,7)65-45(38-17-19-42(58)48-39(38)18-20-46(59)55-48)32-53-31-36-29-40(52)44(30-43(36)62-5)63-33-47(60)56(4)24-11-12-34-15-16-37(35-13-9-8-10-14-35)41(28-34)54-49(61)64-51-21-25-57(26-22-51)27-23-51/h8-10,13-20,28-30,45,53,58H,11-12,21-27,31-33H2,1-7H3,(H,54,61)(H,55,59). The number of aromatic amines is 1. The van der Waals surface area contributed by atoms with Crippen molar-refractivity contribution >= 4 is 48.5 Å². The highest BCUT2D eigenvalue weighted by molar-refractivity contribution is 6.74. The fraction of sp³-hybridized carbons (Fsp3) is 0.431. The van der Waals surface area contributed by atoms with Crippen LogP contribution >= 0.6 is 11.6 Å². The van der Waals surface area contributed by atoms with E-state index >= 15 is 0 Å². The number of carbonyl (C=O) groups excluding carboxylic acids is 2. The van der Waals surface area contributed by atoms with Gasteiger partial charge in [0.2, 0.25) is 5.56 Å². The molecule has 0 spiro atoms. The molecule has 4 heterocycles. The molecule has 352 valence electrons. The molecule has 3 saturated heterocycles. The van der Waals surface area contributed by atoms with Crippen LogP contribution in [0, 0.1) is 0 Å². The summed E-state index contributed by atoms with van der Waals surface area (Å²) < 4.78 is 24.8. The fourth-order valence-electron chi connectivity index (χ4n) is 8.54. The van der Waals surface area contributed by atoms with Gasteiger partial charge in [-0.3, -0.25) is 14.9 Å². The van der Waals surface area contributed by atoms with E-state index in [0.29, 0.717) is 65.6 Å². The van der Waals surface area contributed by atoms with Gasteiger partial charge in [-0.1, -0.05) is 80.9 Å². The average Bonchev–Trinajstić information content (AvgIpc) is 3.29. The zero-order valence-corrected chi connectivity index (χ0v) is 41.0. The van der Waals surface area contributed by atoms with Crippen molar-refractivity contribution in [3.63, 3.8) is 0 Å². The summed E-state index contributed by atoms with van der Waals surface area (Å²) >= 11 is 6.76. The number of benzene rings is 4. The van der Waals surface area contributed by atoms with Gasteiger partial charge in [0.1, 0.15) is 22.8 Å². The lowest BCUT2D eigenvalue weighted by Crippen LogP contribution is -2.54. The number of aromatic nitrogens is 1. The van der Waals surface area contributed by atoms with Gasteiger partial charge in [0.25, 0.3) is 5.91 Å². The van der Waals surface area contributed by atoms with Crippen molar-refractivity contribution in [2.24, 2.45) is 0 Å². The summed E-state index contributed by atoms with van der Waals surface area (Å²) in [4.78, 5) is 45.6. The summed E-state index contributed by atoms with van der Waals surface area (Å²) in [6.45, 7) is 14.9. The van der Waals surface area contributed by atoms with Crippen LogP contribution in [0.25, 0.3) is 22.0 Å². The molecule has 4 N–H and O–H groups in total. The van der Waals surface area contributed by atoms with Gasteiger partial charge in [-0.05, 0) is 71.9 Å². The number of amides is 2. The largest absolute Gasteiger partial charge is 0.506 e. The van der Waals surface area contributed by atoms with E-state index in [2.05, 4.69) is 60.4 Å². The van der Waals surface area contributed by atoms with Gasteiger partial charge < -0.3 is 43.8 Å². The number of nitrogens with zero attached hydrogens (tertiary/aromatic N) is 2. The van der Waals surface area contributed by atoms with Crippen LogP contribution in [0.15, 0.2) is 89.7 Å². The number of hydrogen-bond donors (Lipinski definition) is 4. The Kier molecular flexibility index (Phi) is 15.2. The normalized spacial score (nSPS) is 17.6. The zero-order chi connectivity index (χ0) is 47.2. The second-order valence-corrected chi connectivity index (χ2v) is 24.3. The predicted octanol–water partition coefficient (Wildman–Crippen LogP) is 9.67. The molecule has 0 saturated carbocycles. The highest BCUT2D eigenvalue weighted by Crippen LogP contribution is 2.42. The van der Waals surface area contributed by atoms with Crippen LogP contribution in [-0.2, 0) is 26.9 Å². The first-order chi connectivity index (χ1) is 31.4. The molecule has 1 aromatic heterocycles. The monoisotopic (exact) mass is 937 g/mol. The van der Waals surface area contributed by atoms with Crippen LogP contribution in [0.2, 0.25) is 23.2 Å². The number of hydrogen-bond acceptors (Lipinski definition) is 10. The second-order valence-electron chi connectivity index (χ2n) is 19.1. The number of phenols is 1. The van der Waals surface area contributed by atoms with Crippen molar-refractivity contribution in [3.8, 4) is 28.4 Å². The number of aromatic hydroxyl groups is 1. The van der Waals surface area contributed by atoms with Crippen LogP contribution in [0.3, 0.4) is 0 Å². The summed E-state index contributed by atoms with van der Waals surface area (Å²) in [5.74, 6) is 0.654. The van der Waals surface area contributed by atoms with Crippen LogP contribution in [0.5, 0.6) is 17.2 Å². The van der Waals surface area contributed by atoms with E-state index in [-0.39, 0.29) is 28.9 Å². The summed E-state index contributed by atoms with van der Waals surface area (Å²) in [5.41, 5.74) is 4.93. The number of halogens is 1. The van der Waals surface area contributed by atoms with Crippen LogP contribution in [-0.4, -0.2) is 99.3 Å². The molecule has 0 aliphatic carbocycles. The van der Waals surface area contributed by atoms with E-state index in [1.165, 1.54) is 6.07 Å². The second kappa shape index (κ2) is 20.6. The van der Waals surface area contributed by atoms with Crippen LogP contribution in [0.4, 0.5) is 10.5 Å². The first-order valence-electron chi connectivity index (χ1n) is 22.8. The van der Waals surface area contributed by atoms with Crippen LogP contribution in [0.1, 0.15) is 69.2 Å². The van der Waals surface area contributed by atoms with E-state index < -0.39 is 26.1 Å². The third-order valence-electron chi connectivity index (χ3n) is 13.6. The van der Waals surface area contributed by atoms with E-state index in [9.17, 15) is 19.5 Å². The Labute approximate surface area is 393 Å². The SMILES string of the molecule is COc1cc(OCC(=O)N(C)CCCc2ccc(-c3ccccc3)c(NC(=O)OC34CCN(CC3)CC4)c2)c(Cl)cc1CNCC(O[Si](C)(C)C(C)(C)C)c1ccc(O)c2[nH]c(=O)ccc12. The summed E-state index contributed by atoms with van der Waals surface area (Å²) in [7, 11) is 1.03. The molecule has 13 nitrogen and oxygen atoms in total. The first-order valence-corrected chi connectivity index (χ1v) is 26.1. The Hall–Kier alpha value is -5.38. The molecule has 1 atom stereocenters. The highest BCUT2D eigenvalue weighted by atomic mass is 35.5. The molecule has 0 radical (unpaired) electrons. The number of aryl methyl sites for hydroxylation is 1. The quantitative estimate of drug-likeness (QED) is 0.0625. The van der Waals surface area contributed by atoms with Crippen molar-refractivity contribution in [2.45, 2.75) is 89.3 Å². The molecule has 15 heteroatoms. The number of fused-ring (bicyclic) bond motifs is 4. The van der Waals surface area contributed by atoms with E-state index in [1.54, 1.807) is 43.3 Å². The number of carbonyl (C=O) groups is 2. The lowest BCUT2D eigenvalue weighted by molar-refractivity contribution is -0.132. The van der Waals surface area contributed by atoms with E-state index in [0.717, 1.165) is 66.7 Å². The Bertz CT molecular complexity index is 2560. The van der Waals surface area contributed by atoms with E-state index in [1.807, 2.05) is 48.5 Å². The number of nitrogens with one attached hydrogen (secondary N) is 3. The molecule has 2 amide bonds. The number of anilines is 1. The summed E-state index contributed by atoms with van der Waals surface area (Å²) in [5, 5.41) is 18.2. The maximum absolute atomic E-state index is 13.4. The van der Waals surface area contributed by atoms with Gasteiger partial charge >= 0.3 is 6.09 Å². The lowest BCUT2D eigenvalue weighted by atomic mass is 9.83. The van der Waals surface area contributed by atoms with Crippen LogP contribution < -0.4 is 25.7 Å². The molecule has 3 aliphatic rings. The Morgan fingerprint density at radius 2 is 1.70 bits per heavy atom. The molecule has 66 heavy (non-hydrogen) atoms. The number of phenolic OH excluding ortho intramolecular Hbond substituents is 1. The van der Waals surface area contributed by atoms with Gasteiger partial charge in [-0.15, -0.1) is 0 Å². The van der Waals surface area contributed by atoms with Crippen molar-refractivity contribution < 1.29 is 33.3 Å². The molecule has 5 aromatic rings. The van der Waals surface area contributed by atoms with Crippen molar-refractivity contribution in [1.29, 1.82) is 0 Å². The minimum atomic E-state index is -2.29. The average molecular weight is 939 g/mol. The zero-order valence-electron chi connectivity index (χ0n) is 39.2. The number of ether oxygens (including phenoxy) is 3. The van der Waals surface area contributed by atoms with Crippen molar-refractivity contribution in [2.75, 3.05) is 58.8 Å². The summed E-state index contributed by atoms with van der Waals surface area (Å²) in [6, 6.07) is 26.1. The number of piperidine rings is 3. The predicted molar refractivity (Wildman–Crippen MR) is 263 cm³/mol. The van der Waals surface area contributed by atoms with Gasteiger partial charge in [-0.2, -0.15) is 0 Å². The summed E-state index contributed by atoms with van der Waals surface area (Å²) in [6.07, 6.45) is 3.13. The molecular weight excluding hydrogens is 874 g/mol. The molecule has 1 unspecified atom stereocenters. The minimum absolute atomic E-state index is 0.00938. The Morgan fingerprint density at radius 3 is 2.39 bits per heavy atom. The molecule has 2 bridgehead atoms. The molecule has 8 rings (SSSR count). The maximum Gasteiger partial charge on any atom is 0.412 e. The molecule has 3 fully saturated rings. The number of likely N-dealkylation sites (N-methyl/N-ethyl adjacent to an activating group) is 1. The first kappa shape index (κ1) is 48.5. The Morgan fingerprint density at radius 1 is 0.970 bits per heavy atom. The molecule has 3 aliphatic heterocycles. The van der Waals surface area contributed by atoms with Crippen molar-refractivity contribution in [3.05, 3.63) is 117 Å². The number of pyridine rings is 1. The Balaban J connectivity index is 0.946. The van der Waals surface area contributed by atoms with Crippen molar-refractivity contribution in [1.82, 2.24) is 20.1 Å². The smallest absolute Gasteiger partial charge is 0.412 e. The number of methoxy groups -OCH3 is 1. The number of H-pyrrole nitrogens is 1. The lowest BCUT2D eigenvalue weighted by Gasteiger charge is -2.47. The van der Waals surface area contributed by atoms with Gasteiger partial charge in [0.15, 0.2) is 14.9 Å². The van der Waals surface area contributed by atoms with Gasteiger partial charge in [-0.25, -0.2) is 4.79 Å². The highest BCUT2D eigenvalue weighted by Gasteiger charge is 2.43. The molecular formula is C51H64ClN5O8Si. The van der Waals surface area contributed by atoms with Gasteiger partial charge in [0, 0.05) is 94.2 Å². The third-order valence-corrected chi connectivity index (χ3v) is 18.4. The van der Waals surface area contributed by atoms with E-state index in [4.69, 9.17) is 30.2 Å². The number of rotatable bonds is 18. The topological polar surface area (TPSA) is 155 Å². The third kappa shape index (κ3) is 11.6. The fourth-order valence-corrected chi connectivity index (χ4v) is 10.1.